The van der Waals surface area contributed by atoms with Gasteiger partial charge in [-0.2, -0.15) is 0 Å². The van der Waals surface area contributed by atoms with Crippen molar-refractivity contribution in [2.24, 2.45) is 0 Å². The number of esters is 2. The van der Waals surface area contributed by atoms with E-state index in [0.717, 1.165) is 10.9 Å². The summed E-state index contributed by atoms with van der Waals surface area (Å²) in [6.45, 7) is 3.37. The lowest BCUT2D eigenvalue weighted by Gasteiger charge is -2.13. The highest BCUT2D eigenvalue weighted by atomic mass is 32.2. The van der Waals surface area contributed by atoms with Crippen LogP contribution in [0.4, 0.5) is 0 Å². The number of aryl methyl sites for hydroxylation is 2. The zero-order valence-electron chi connectivity index (χ0n) is 17.5. The van der Waals surface area contributed by atoms with Gasteiger partial charge >= 0.3 is 11.9 Å². The van der Waals surface area contributed by atoms with Crippen molar-refractivity contribution in [3.63, 3.8) is 0 Å². The molecule has 0 atom stereocenters. The molecule has 0 aliphatic rings. The van der Waals surface area contributed by atoms with Gasteiger partial charge in [0.05, 0.1) is 41.0 Å². The maximum absolute atomic E-state index is 12.4. The van der Waals surface area contributed by atoms with Crippen molar-refractivity contribution in [2.75, 3.05) is 12.9 Å². The van der Waals surface area contributed by atoms with Crippen molar-refractivity contribution in [3.8, 4) is 0 Å². The third-order valence-corrected chi connectivity index (χ3v) is 6.67. The van der Waals surface area contributed by atoms with E-state index < -0.39 is 21.8 Å². The molecule has 31 heavy (non-hydrogen) atoms. The first-order chi connectivity index (χ1) is 14.7. The Bertz CT molecular complexity index is 1230. The molecule has 0 unspecified atom stereocenters. The van der Waals surface area contributed by atoms with E-state index in [-0.39, 0.29) is 34.9 Å². The molecule has 0 radical (unpaired) electrons. The summed E-state index contributed by atoms with van der Waals surface area (Å²) in [5.74, 6) is -1.65. The summed E-state index contributed by atoms with van der Waals surface area (Å²) >= 11 is 0. The van der Waals surface area contributed by atoms with Gasteiger partial charge in [0.25, 0.3) is 0 Å². The molecule has 1 heterocycles. The molecule has 0 saturated carbocycles. The van der Waals surface area contributed by atoms with Gasteiger partial charge in [0.15, 0.2) is 9.84 Å². The summed E-state index contributed by atoms with van der Waals surface area (Å²) in [7, 11) is -2.34. The van der Waals surface area contributed by atoms with Gasteiger partial charge < -0.3 is 9.47 Å². The lowest BCUT2D eigenvalue weighted by Crippen LogP contribution is -2.16. The minimum atomic E-state index is -3.61. The Kier molecular flexibility index (Phi) is 6.70. The highest BCUT2D eigenvalue weighted by Crippen LogP contribution is 2.24. The van der Waals surface area contributed by atoms with Crippen LogP contribution >= 0.6 is 0 Å². The van der Waals surface area contributed by atoms with E-state index in [0.29, 0.717) is 11.1 Å². The maximum atomic E-state index is 12.4. The van der Waals surface area contributed by atoms with Crippen LogP contribution in [0, 0.1) is 13.8 Å². The van der Waals surface area contributed by atoms with E-state index in [4.69, 9.17) is 9.47 Å². The molecule has 3 rings (SSSR count). The Morgan fingerprint density at radius 3 is 2.35 bits per heavy atom. The minimum absolute atomic E-state index is 0.158. The molecule has 0 aliphatic carbocycles. The van der Waals surface area contributed by atoms with Crippen LogP contribution in [-0.2, 0) is 30.7 Å². The Balaban J connectivity index is 1.74. The van der Waals surface area contributed by atoms with Gasteiger partial charge in [0.1, 0.15) is 6.61 Å². The molecule has 162 valence electrons. The summed E-state index contributed by atoms with van der Waals surface area (Å²) in [6, 6.07) is 13.7. The number of carbonyl (C=O) groups excluding carboxylic acids is 2. The average Bonchev–Trinajstić information content (AvgIpc) is 2.76. The predicted molar refractivity (Wildman–Crippen MR) is 115 cm³/mol. The normalized spacial score (nSPS) is 11.3. The number of methoxy groups -OCH3 is 1. The van der Waals surface area contributed by atoms with Crippen molar-refractivity contribution in [3.05, 3.63) is 70.9 Å². The monoisotopic (exact) mass is 441 g/mol. The van der Waals surface area contributed by atoms with Crippen molar-refractivity contribution in [1.82, 2.24) is 4.98 Å². The Hall–Kier alpha value is -3.26. The fraction of sp³-hybridized carbons (Fsp3) is 0.261. The molecule has 0 amide bonds. The fourth-order valence-electron chi connectivity index (χ4n) is 3.22. The summed E-state index contributed by atoms with van der Waals surface area (Å²) in [5.41, 5.74) is 2.77. The molecule has 0 aliphatic heterocycles. The second kappa shape index (κ2) is 9.26. The molecule has 0 bridgehead atoms. The van der Waals surface area contributed by atoms with E-state index in [1.807, 2.05) is 25.1 Å². The number of hydrogen-bond acceptors (Lipinski definition) is 7. The number of rotatable bonds is 7. The molecule has 1 aromatic heterocycles. The van der Waals surface area contributed by atoms with Crippen LogP contribution in [0.25, 0.3) is 10.9 Å². The number of hydrogen-bond donors (Lipinski definition) is 0. The second-order valence-corrected chi connectivity index (χ2v) is 9.22. The average molecular weight is 442 g/mol. The number of nitrogens with zero attached hydrogens (tertiary/aromatic N) is 1. The zero-order chi connectivity index (χ0) is 22.6. The quantitative estimate of drug-likeness (QED) is 0.517. The topological polar surface area (TPSA) is 99.6 Å². The van der Waals surface area contributed by atoms with Crippen molar-refractivity contribution >= 4 is 32.7 Å². The van der Waals surface area contributed by atoms with Crippen LogP contribution in [0.5, 0.6) is 0 Å². The summed E-state index contributed by atoms with van der Waals surface area (Å²) in [4.78, 5) is 29.1. The van der Waals surface area contributed by atoms with Gasteiger partial charge in [-0.15, -0.1) is 0 Å². The molecule has 2 aromatic carbocycles. The van der Waals surface area contributed by atoms with Gasteiger partial charge in [-0.25, -0.2) is 18.2 Å². The van der Waals surface area contributed by atoms with Crippen molar-refractivity contribution < 1.29 is 27.5 Å². The molecule has 0 spiro atoms. The van der Waals surface area contributed by atoms with Crippen molar-refractivity contribution in [1.29, 1.82) is 0 Å². The first-order valence-electron chi connectivity index (χ1n) is 9.64. The van der Waals surface area contributed by atoms with Crippen LogP contribution < -0.4 is 0 Å². The molecule has 8 heteroatoms. The van der Waals surface area contributed by atoms with E-state index in [1.54, 1.807) is 25.1 Å². The number of fused-ring (bicyclic) bond motifs is 1. The van der Waals surface area contributed by atoms with Crippen molar-refractivity contribution in [2.45, 2.75) is 31.8 Å². The van der Waals surface area contributed by atoms with E-state index in [9.17, 15) is 18.0 Å². The van der Waals surface area contributed by atoms with E-state index in [2.05, 4.69) is 4.98 Å². The number of carbonyl (C=O) groups is 2. The first-order valence-corrected chi connectivity index (χ1v) is 11.3. The number of aromatic nitrogens is 1. The lowest BCUT2D eigenvalue weighted by molar-refractivity contribution is -0.144. The lowest BCUT2D eigenvalue weighted by atomic mass is 10.0. The molecular formula is C23H23NO6S. The van der Waals surface area contributed by atoms with Crippen LogP contribution in [0.1, 0.15) is 33.6 Å². The van der Waals surface area contributed by atoms with Gasteiger partial charge in [-0.05, 0) is 37.6 Å². The molecule has 0 saturated heterocycles. The van der Waals surface area contributed by atoms with Gasteiger partial charge in [0, 0.05) is 5.39 Å². The number of sulfone groups is 1. The van der Waals surface area contributed by atoms with Crippen LogP contribution in [0.15, 0.2) is 53.4 Å². The molecule has 3 aromatic rings. The second-order valence-electron chi connectivity index (χ2n) is 7.11. The van der Waals surface area contributed by atoms with Gasteiger partial charge in [-0.1, -0.05) is 35.9 Å². The third-order valence-electron chi connectivity index (χ3n) is 4.94. The Morgan fingerprint density at radius 1 is 1.00 bits per heavy atom. The first kappa shape index (κ1) is 22.4. The van der Waals surface area contributed by atoms with Crippen LogP contribution in [0.3, 0.4) is 0 Å². The largest absolute Gasteiger partial charge is 0.465 e. The maximum Gasteiger partial charge on any atom is 0.340 e. The molecule has 0 fully saturated rings. The number of benzene rings is 2. The Labute approximate surface area is 180 Å². The standard InChI is InChI=1S/C23H23NO6S/c1-15-8-10-17(11-9-15)31(27,28)13-12-21(25)30-14-20-22(23(26)29-3)16(2)18-6-4-5-7-19(18)24-20/h4-11H,12-14H2,1-3H3. The fourth-order valence-corrected chi connectivity index (χ4v) is 4.44. The van der Waals surface area contributed by atoms with Gasteiger partial charge in [0.2, 0.25) is 0 Å². The molecular weight excluding hydrogens is 418 g/mol. The van der Waals surface area contributed by atoms with Crippen LogP contribution in [0.2, 0.25) is 0 Å². The summed E-state index contributed by atoms with van der Waals surface area (Å²) < 4.78 is 34.9. The third kappa shape index (κ3) is 5.08. The van der Waals surface area contributed by atoms with Gasteiger partial charge in [-0.3, -0.25) is 4.79 Å². The highest BCUT2D eigenvalue weighted by Gasteiger charge is 2.21. The SMILES string of the molecule is COC(=O)c1c(COC(=O)CCS(=O)(=O)c2ccc(C)cc2)nc2ccccc2c1C. The zero-order valence-corrected chi connectivity index (χ0v) is 18.4. The number of ether oxygens (including phenoxy) is 2. The number of pyridine rings is 1. The smallest absolute Gasteiger partial charge is 0.340 e. The predicted octanol–water partition coefficient (Wildman–Crippen LogP) is 3.55. The molecule has 7 nitrogen and oxygen atoms in total. The summed E-state index contributed by atoms with van der Waals surface area (Å²) in [6.07, 6.45) is -0.309. The number of para-hydroxylation sites is 1. The molecule has 0 N–H and O–H groups in total. The highest BCUT2D eigenvalue weighted by molar-refractivity contribution is 7.91. The van der Waals surface area contributed by atoms with E-state index >= 15 is 0 Å². The van der Waals surface area contributed by atoms with Crippen LogP contribution in [-0.4, -0.2) is 38.2 Å². The Morgan fingerprint density at radius 2 is 1.68 bits per heavy atom. The summed E-state index contributed by atoms with van der Waals surface area (Å²) in [5, 5.41) is 0.794. The van der Waals surface area contributed by atoms with E-state index in [1.165, 1.54) is 19.2 Å². The minimum Gasteiger partial charge on any atom is -0.465 e.